The van der Waals surface area contributed by atoms with E-state index in [1.807, 2.05) is 0 Å². The molecular formula is C26H35P. The van der Waals surface area contributed by atoms with Crippen molar-refractivity contribution in [1.29, 1.82) is 0 Å². The van der Waals surface area contributed by atoms with Gasteiger partial charge in [0.05, 0.1) is 0 Å². The van der Waals surface area contributed by atoms with Crippen LogP contribution >= 0.6 is 7.92 Å². The third kappa shape index (κ3) is 3.93. The van der Waals surface area contributed by atoms with Crippen molar-refractivity contribution >= 4 is 34.8 Å². The summed E-state index contributed by atoms with van der Waals surface area (Å²) in [5.41, 5.74) is 0. The molecule has 0 unspecified atom stereocenters. The van der Waals surface area contributed by atoms with Crippen molar-refractivity contribution in [2.45, 2.75) is 77.5 Å². The van der Waals surface area contributed by atoms with E-state index < -0.39 is 0 Å². The molecule has 0 heterocycles. The predicted molar refractivity (Wildman–Crippen MR) is 126 cm³/mol. The molecule has 0 saturated carbocycles. The lowest BCUT2D eigenvalue weighted by Crippen LogP contribution is -2.35. The van der Waals surface area contributed by atoms with Crippen molar-refractivity contribution in [3.63, 3.8) is 0 Å². The Morgan fingerprint density at radius 2 is 1.15 bits per heavy atom. The molecule has 0 bridgehead atoms. The Hall–Kier alpha value is -1.39. The third-order valence-electron chi connectivity index (χ3n) is 5.92. The minimum atomic E-state index is -0.327. The summed E-state index contributed by atoms with van der Waals surface area (Å²) in [6.45, 7) is 14.7. The number of rotatable bonds is 7. The Morgan fingerprint density at radius 3 is 1.70 bits per heavy atom. The van der Waals surface area contributed by atoms with Gasteiger partial charge in [0, 0.05) is 0 Å². The molecule has 0 atom stereocenters. The van der Waals surface area contributed by atoms with Crippen molar-refractivity contribution in [1.82, 2.24) is 0 Å². The van der Waals surface area contributed by atoms with Gasteiger partial charge in [-0.2, -0.15) is 0 Å². The molecule has 0 amide bonds. The molecule has 3 aromatic carbocycles. The average molecular weight is 379 g/mol. The second kappa shape index (κ2) is 7.92. The van der Waals surface area contributed by atoms with E-state index >= 15 is 0 Å². The van der Waals surface area contributed by atoms with E-state index in [-0.39, 0.29) is 7.92 Å². The van der Waals surface area contributed by atoms with Gasteiger partial charge in [-0.15, -0.1) is 0 Å². The first-order valence-electron chi connectivity index (χ1n) is 10.5. The molecule has 27 heavy (non-hydrogen) atoms. The van der Waals surface area contributed by atoms with Gasteiger partial charge >= 0.3 is 0 Å². The zero-order valence-corrected chi connectivity index (χ0v) is 18.9. The van der Waals surface area contributed by atoms with Crippen LogP contribution in [-0.2, 0) is 0 Å². The lowest BCUT2D eigenvalue weighted by molar-refractivity contribution is 0.564. The highest BCUT2D eigenvalue weighted by atomic mass is 31.1. The van der Waals surface area contributed by atoms with E-state index in [2.05, 4.69) is 96.1 Å². The SMILES string of the molecule is CCCC(C)(C)P(c1cc2ccccc2c2ccccc12)C(C)(C)CCC. The predicted octanol–water partition coefficient (Wildman–Crippen LogP) is 8.26. The van der Waals surface area contributed by atoms with E-state index in [1.54, 1.807) is 5.30 Å². The van der Waals surface area contributed by atoms with E-state index in [9.17, 15) is 0 Å². The average Bonchev–Trinajstić information content (AvgIpc) is 2.61. The van der Waals surface area contributed by atoms with Gasteiger partial charge in [0.1, 0.15) is 0 Å². The van der Waals surface area contributed by atoms with Crippen LogP contribution in [0.1, 0.15) is 67.2 Å². The van der Waals surface area contributed by atoms with Crippen LogP contribution in [0.3, 0.4) is 0 Å². The molecule has 1 heteroatoms. The van der Waals surface area contributed by atoms with Crippen LogP contribution in [0.5, 0.6) is 0 Å². The van der Waals surface area contributed by atoms with Gasteiger partial charge in [-0.25, -0.2) is 0 Å². The Morgan fingerprint density at radius 1 is 0.667 bits per heavy atom. The number of fused-ring (bicyclic) bond motifs is 3. The Balaban J connectivity index is 2.35. The summed E-state index contributed by atoms with van der Waals surface area (Å²) in [4.78, 5) is 0. The second-order valence-corrected chi connectivity index (χ2v) is 12.7. The molecule has 0 fully saturated rings. The minimum Gasteiger partial charge on any atom is -0.0653 e. The van der Waals surface area contributed by atoms with Gasteiger partial charge in [0.2, 0.25) is 0 Å². The fourth-order valence-corrected chi connectivity index (χ4v) is 9.68. The first-order valence-corrected chi connectivity index (χ1v) is 11.9. The Kier molecular flexibility index (Phi) is 5.97. The van der Waals surface area contributed by atoms with Gasteiger partial charge in [-0.1, -0.05) is 111 Å². The molecule has 144 valence electrons. The highest BCUT2D eigenvalue weighted by molar-refractivity contribution is 7.69. The maximum atomic E-state index is 2.53. The van der Waals surface area contributed by atoms with Crippen molar-refractivity contribution in [2.75, 3.05) is 0 Å². The van der Waals surface area contributed by atoms with Gasteiger partial charge in [-0.3, -0.25) is 0 Å². The van der Waals surface area contributed by atoms with Gasteiger partial charge in [0.15, 0.2) is 0 Å². The molecule has 3 rings (SSSR count). The first kappa shape index (κ1) is 20.3. The molecular weight excluding hydrogens is 343 g/mol. The summed E-state index contributed by atoms with van der Waals surface area (Å²) < 4.78 is 0. The maximum absolute atomic E-state index is 2.53. The number of hydrogen-bond acceptors (Lipinski definition) is 0. The van der Waals surface area contributed by atoms with Crippen LogP contribution in [0.25, 0.3) is 21.5 Å². The fourth-order valence-electron chi connectivity index (χ4n) is 5.14. The van der Waals surface area contributed by atoms with E-state index in [1.165, 1.54) is 47.2 Å². The highest BCUT2D eigenvalue weighted by Gasteiger charge is 2.41. The molecule has 0 saturated heterocycles. The zero-order valence-electron chi connectivity index (χ0n) is 18.0. The first-order chi connectivity index (χ1) is 12.8. The monoisotopic (exact) mass is 378 g/mol. The molecule has 0 aliphatic carbocycles. The third-order valence-corrected chi connectivity index (χ3v) is 9.64. The highest BCUT2D eigenvalue weighted by Crippen LogP contribution is 2.62. The van der Waals surface area contributed by atoms with Crippen molar-refractivity contribution in [3.8, 4) is 0 Å². The summed E-state index contributed by atoms with van der Waals surface area (Å²) in [7, 11) is -0.327. The molecule has 0 aliphatic rings. The molecule has 0 aromatic heterocycles. The number of benzene rings is 3. The molecule has 0 nitrogen and oxygen atoms in total. The van der Waals surface area contributed by atoms with Gasteiger partial charge in [0.25, 0.3) is 0 Å². The van der Waals surface area contributed by atoms with Gasteiger partial charge in [-0.05, 0) is 56.1 Å². The Bertz CT molecular complexity index is 902. The minimum absolute atomic E-state index is 0.327. The van der Waals surface area contributed by atoms with Crippen molar-refractivity contribution in [3.05, 3.63) is 54.6 Å². The quantitative estimate of drug-likeness (QED) is 0.287. The van der Waals surface area contributed by atoms with Crippen LogP contribution in [0, 0.1) is 0 Å². The van der Waals surface area contributed by atoms with Crippen molar-refractivity contribution in [2.24, 2.45) is 0 Å². The maximum Gasteiger partial charge on any atom is -0.00990 e. The van der Waals surface area contributed by atoms with Gasteiger partial charge < -0.3 is 0 Å². The largest absolute Gasteiger partial charge is 0.0653 e. The molecule has 0 aliphatic heterocycles. The van der Waals surface area contributed by atoms with Crippen molar-refractivity contribution < 1.29 is 0 Å². The smallest absolute Gasteiger partial charge is 0.00990 e. The normalized spacial score (nSPS) is 13.0. The Labute approximate surface area is 167 Å². The van der Waals surface area contributed by atoms with Crippen LogP contribution in [0.4, 0.5) is 0 Å². The van der Waals surface area contributed by atoms with Crippen LogP contribution < -0.4 is 5.30 Å². The molecule has 0 spiro atoms. The topological polar surface area (TPSA) is 0 Å². The lowest BCUT2D eigenvalue weighted by Gasteiger charge is -2.46. The van der Waals surface area contributed by atoms with E-state index in [4.69, 9.17) is 0 Å². The zero-order chi connectivity index (χ0) is 19.7. The fraction of sp³-hybridized carbons (Fsp3) is 0.462. The van der Waals surface area contributed by atoms with E-state index in [0.29, 0.717) is 10.3 Å². The summed E-state index contributed by atoms with van der Waals surface area (Å²) >= 11 is 0. The number of hydrogen-bond donors (Lipinski definition) is 0. The van der Waals surface area contributed by atoms with Crippen LogP contribution in [0.2, 0.25) is 0 Å². The molecule has 0 N–H and O–H groups in total. The second-order valence-electron chi connectivity index (χ2n) is 9.12. The van der Waals surface area contributed by atoms with Crippen LogP contribution in [0.15, 0.2) is 54.6 Å². The molecule has 3 aromatic rings. The lowest BCUT2D eigenvalue weighted by atomic mass is 10.0. The summed E-state index contributed by atoms with van der Waals surface area (Å²) in [5, 5.41) is 7.92. The van der Waals surface area contributed by atoms with Crippen LogP contribution in [-0.4, -0.2) is 10.3 Å². The summed E-state index contributed by atoms with van der Waals surface area (Å²) in [6, 6.07) is 20.5. The summed E-state index contributed by atoms with van der Waals surface area (Å²) in [6.07, 6.45) is 5.07. The molecule has 0 radical (unpaired) electrons. The van der Waals surface area contributed by atoms with E-state index in [0.717, 1.165) is 0 Å². The standard InChI is InChI=1S/C26H35P/c1-7-17-25(3,4)27(26(5,6)18-8-2)24-19-20-13-9-10-14-21(20)22-15-11-12-16-23(22)24/h9-16,19H,7-8,17-18H2,1-6H3. The summed E-state index contributed by atoms with van der Waals surface area (Å²) in [5.74, 6) is 0.